The van der Waals surface area contributed by atoms with E-state index >= 15 is 0 Å². The Kier molecular flexibility index (Phi) is 5.00. The largest absolute Gasteiger partial charge is 0.320 e. The van der Waals surface area contributed by atoms with Crippen LogP contribution in [0.3, 0.4) is 0 Å². The van der Waals surface area contributed by atoms with Crippen molar-refractivity contribution in [3.05, 3.63) is 46.5 Å². The highest BCUT2D eigenvalue weighted by molar-refractivity contribution is 6.12. The monoisotopic (exact) mass is 365 g/mol. The average molecular weight is 365 g/mol. The molecule has 0 fully saturated rings. The number of pyridine rings is 2. The van der Waals surface area contributed by atoms with Crippen LogP contribution in [0.25, 0.3) is 11.0 Å². The van der Waals surface area contributed by atoms with Gasteiger partial charge in [-0.25, -0.2) is 9.67 Å². The van der Waals surface area contributed by atoms with Crippen molar-refractivity contribution < 1.29 is 4.79 Å². The highest BCUT2D eigenvalue weighted by Gasteiger charge is 2.20. The summed E-state index contributed by atoms with van der Waals surface area (Å²) in [6.45, 7) is 14.1. The first-order valence-corrected chi connectivity index (χ1v) is 9.33. The maximum atomic E-state index is 13.2. The van der Waals surface area contributed by atoms with Crippen molar-refractivity contribution in [2.75, 3.05) is 5.32 Å². The summed E-state index contributed by atoms with van der Waals surface area (Å²) in [6.07, 6.45) is 1.73. The van der Waals surface area contributed by atoms with Gasteiger partial charge in [0.2, 0.25) is 0 Å². The van der Waals surface area contributed by atoms with Gasteiger partial charge < -0.3 is 5.32 Å². The van der Waals surface area contributed by atoms with Crippen LogP contribution >= 0.6 is 0 Å². The molecule has 6 heteroatoms. The van der Waals surface area contributed by atoms with E-state index in [1.165, 1.54) is 0 Å². The van der Waals surface area contributed by atoms with Crippen molar-refractivity contribution in [2.24, 2.45) is 0 Å². The molecule has 0 radical (unpaired) electrons. The minimum atomic E-state index is -0.163. The summed E-state index contributed by atoms with van der Waals surface area (Å²) >= 11 is 0. The number of hydrogen-bond acceptors (Lipinski definition) is 4. The Labute approximate surface area is 160 Å². The van der Waals surface area contributed by atoms with Crippen molar-refractivity contribution in [1.82, 2.24) is 19.7 Å². The molecule has 27 heavy (non-hydrogen) atoms. The predicted molar refractivity (Wildman–Crippen MR) is 108 cm³/mol. The molecule has 0 bridgehead atoms. The summed E-state index contributed by atoms with van der Waals surface area (Å²) in [5, 5.41) is 8.27. The van der Waals surface area contributed by atoms with E-state index in [0.717, 1.165) is 39.4 Å². The smallest absolute Gasteiger partial charge is 0.256 e. The number of anilines is 1. The highest BCUT2D eigenvalue weighted by Crippen LogP contribution is 2.26. The van der Waals surface area contributed by atoms with Crippen LogP contribution in [0.2, 0.25) is 0 Å². The van der Waals surface area contributed by atoms with E-state index in [9.17, 15) is 4.79 Å². The summed E-state index contributed by atoms with van der Waals surface area (Å²) < 4.78 is 1.86. The van der Waals surface area contributed by atoms with E-state index in [1.54, 1.807) is 6.20 Å². The van der Waals surface area contributed by atoms with Crippen LogP contribution in [0, 0.1) is 20.8 Å². The lowest BCUT2D eigenvalue weighted by molar-refractivity contribution is 0.102. The van der Waals surface area contributed by atoms with E-state index in [4.69, 9.17) is 4.98 Å². The van der Waals surface area contributed by atoms with Gasteiger partial charge in [-0.2, -0.15) is 5.10 Å². The van der Waals surface area contributed by atoms with Gasteiger partial charge in [-0.15, -0.1) is 0 Å². The zero-order chi connectivity index (χ0) is 19.9. The van der Waals surface area contributed by atoms with Gasteiger partial charge in [0, 0.05) is 17.4 Å². The van der Waals surface area contributed by atoms with Crippen LogP contribution < -0.4 is 5.32 Å². The van der Waals surface area contributed by atoms with E-state index in [1.807, 2.05) is 37.6 Å². The Morgan fingerprint density at radius 2 is 1.78 bits per heavy atom. The van der Waals surface area contributed by atoms with Crippen LogP contribution in [0.15, 0.2) is 18.3 Å². The molecule has 3 heterocycles. The number of aryl methyl sites for hydroxylation is 3. The van der Waals surface area contributed by atoms with Gasteiger partial charge in [-0.05, 0) is 58.2 Å². The molecule has 0 aliphatic rings. The van der Waals surface area contributed by atoms with Crippen LogP contribution in [-0.2, 0) is 0 Å². The highest BCUT2D eigenvalue weighted by atomic mass is 16.1. The molecular formula is C21H27N5O. The first-order valence-electron chi connectivity index (χ1n) is 9.33. The second-order valence-corrected chi connectivity index (χ2v) is 7.66. The summed E-state index contributed by atoms with van der Waals surface area (Å²) in [5.41, 5.74) is 5.73. The quantitative estimate of drug-likeness (QED) is 0.727. The predicted octanol–water partition coefficient (Wildman–Crippen LogP) is 4.71. The molecule has 0 aromatic carbocycles. The van der Waals surface area contributed by atoms with Crippen LogP contribution in [-0.4, -0.2) is 25.7 Å². The van der Waals surface area contributed by atoms with E-state index in [0.29, 0.717) is 5.56 Å². The standard InChI is InChI=1S/C21H27N5O/c1-11(2)18-9-16(17-10-22-26(12(3)4)20(17)24-18)21(27)25-19-13(5)8-14(6)23-15(19)7/h8-12H,1-7H3,(H,25,27). The molecule has 0 atom stereocenters. The van der Waals surface area contributed by atoms with Crippen molar-refractivity contribution in [1.29, 1.82) is 0 Å². The molecule has 0 spiro atoms. The zero-order valence-corrected chi connectivity index (χ0v) is 17.1. The number of carbonyl (C=O) groups is 1. The molecule has 0 saturated heterocycles. The van der Waals surface area contributed by atoms with Crippen molar-refractivity contribution in [3.63, 3.8) is 0 Å². The number of fused-ring (bicyclic) bond motifs is 1. The first-order chi connectivity index (χ1) is 12.7. The lowest BCUT2D eigenvalue weighted by atomic mass is 10.0. The minimum absolute atomic E-state index is 0.163. The molecule has 0 saturated carbocycles. The van der Waals surface area contributed by atoms with Gasteiger partial charge in [0.05, 0.1) is 28.5 Å². The number of amides is 1. The molecule has 6 nitrogen and oxygen atoms in total. The normalized spacial score (nSPS) is 11.6. The third-order valence-corrected chi connectivity index (χ3v) is 4.68. The Morgan fingerprint density at radius 1 is 1.07 bits per heavy atom. The third kappa shape index (κ3) is 3.56. The van der Waals surface area contributed by atoms with E-state index < -0.39 is 0 Å². The lowest BCUT2D eigenvalue weighted by Crippen LogP contribution is -2.16. The molecule has 3 aromatic heterocycles. The van der Waals surface area contributed by atoms with Gasteiger partial charge in [0.1, 0.15) is 0 Å². The van der Waals surface area contributed by atoms with Crippen LogP contribution in [0.4, 0.5) is 5.69 Å². The van der Waals surface area contributed by atoms with Crippen molar-refractivity contribution in [3.8, 4) is 0 Å². The summed E-state index contributed by atoms with van der Waals surface area (Å²) in [6, 6.07) is 4.02. The average Bonchev–Trinajstić information content (AvgIpc) is 3.01. The van der Waals surface area contributed by atoms with Gasteiger partial charge in [-0.1, -0.05) is 13.8 Å². The molecule has 0 unspecified atom stereocenters. The fraction of sp³-hybridized carbons (Fsp3) is 0.429. The number of nitrogens with one attached hydrogen (secondary N) is 1. The Bertz CT molecular complexity index is 994. The summed E-state index contributed by atoms with van der Waals surface area (Å²) in [5.74, 6) is 0.0467. The van der Waals surface area contributed by atoms with Crippen molar-refractivity contribution >= 4 is 22.6 Å². The van der Waals surface area contributed by atoms with Gasteiger partial charge in [-0.3, -0.25) is 9.78 Å². The van der Waals surface area contributed by atoms with Crippen LogP contribution in [0.5, 0.6) is 0 Å². The zero-order valence-electron chi connectivity index (χ0n) is 17.1. The maximum Gasteiger partial charge on any atom is 0.256 e. The molecule has 0 aliphatic heterocycles. The molecule has 3 aromatic rings. The number of aromatic nitrogens is 4. The van der Waals surface area contributed by atoms with Crippen molar-refractivity contribution in [2.45, 2.75) is 60.4 Å². The molecule has 0 aliphatic carbocycles. The molecule has 142 valence electrons. The Morgan fingerprint density at radius 3 is 2.37 bits per heavy atom. The second kappa shape index (κ2) is 7.10. The molecule has 1 N–H and O–H groups in total. The SMILES string of the molecule is Cc1cc(C)c(NC(=O)c2cc(C(C)C)nc3c2cnn3C(C)C)c(C)n1. The number of hydrogen-bond donors (Lipinski definition) is 1. The minimum Gasteiger partial charge on any atom is -0.320 e. The number of nitrogens with zero attached hydrogens (tertiary/aromatic N) is 4. The maximum absolute atomic E-state index is 13.2. The lowest BCUT2D eigenvalue weighted by Gasteiger charge is -2.14. The molecule has 3 rings (SSSR count). The van der Waals surface area contributed by atoms with E-state index in [-0.39, 0.29) is 17.9 Å². The Balaban J connectivity index is 2.12. The van der Waals surface area contributed by atoms with E-state index in [2.05, 4.69) is 43.1 Å². The Hall–Kier alpha value is -2.76. The summed E-state index contributed by atoms with van der Waals surface area (Å²) in [7, 11) is 0. The van der Waals surface area contributed by atoms with Crippen LogP contribution in [0.1, 0.15) is 72.7 Å². The number of rotatable bonds is 4. The van der Waals surface area contributed by atoms with Gasteiger partial charge >= 0.3 is 0 Å². The molecule has 1 amide bonds. The third-order valence-electron chi connectivity index (χ3n) is 4.68. The van der Waals surface area contributed by atoms with Gasteiger partial charge in [0.15, 0.2) is 5.65 Å². The summed E-state index contributed by atoms with van der Waals surface area (Å²) in [4.78, 5) is 22.4. The first kappa shape index (κ1) is 19.0. The molecular weight excluding hydrogens is 338 g/mol. The topological polar surface area (TPSA) is 72.7 Å². The van der Waals surface area contributed by atoms with Gasteiger partial charge in [0.25, 0.3) is 5.91 Å². The fourth-order valence-electron chi connectivity index (χ4n) is 3.29. The number of carbonyl (C=O) groups excluding carboxylic acids is 1. The fourth-order valence-corrected chi connectivity index (χ4v) is 3.29. The second-order valence-electron chi connectivity index (χ2n) is 7.66.